The van der Waals surface area contributed by atoms with Crippen molar-refractivity contribution >= 4 is 23.5 Å². The van der Waals surface area contributed by atoms with Crippen LogP contribution in [0.25, 0.3) is 0 Å². The number of carbonyl (C=O) groups is 2. The number of aromatic nitrogens is 1. The van der Waals surface area contributed by atoms with Gasteiger partial charge in [-0.05, 0) is 24.6 Å². The Bertz CT molecular complexity index is 1220. The summed E-state index contributed by atoms with van der Waals surface area (Å²) >= 11 is 5.99. The number of carboxylic acids is 1. The molecule has 0 amide bonds. The highest BCUT2D eigenvalue weighted by atomic mass is 35.5. The van der Waals surface area contributed by atoms with Gasteiger partial charge >= 0.3 is 11.9 Å². The van der Waals surface area contributed by atoms with E-state index >= 15 is 0 Å². The highest BCUT2D eigenvalue weighted by molar-refractivity contribution is 6.30. The average Bonchev–Trinajstić information content (AvgIpc) is 3.56. The lowest BCUT2D eigenvalue weighted by atomic mass is 9.85. The first kappa shape index (κ1) is 25.3. The van der Waals surface area contributed by atoms with Gasteiger partial charge in [-0.3, -0.25) is 14.6 Å². The summed E-state index contributed by atoms with van der Waals surface area (Å²) in [6.45, 7) is 1.71. The third-order valence-corrected chi connectivity index (χ3v) is 7.15. The highest BCUT2D eigenvalue weighted by Gasteiger charge is 2.53. The van der Waals surface area contributed by atoms with Crippen LogP contribution in [-0.2, 0) is 35.2 Å². The lowest BCUT2D eigenvalue weighted by Gasteiger charge is -2.22. The molecule has 1 N–H and O–H groups in total. The molecule has 0 spiro atoms. The van der Waals surface area contributed by atoms with Crippen molar-refractivity contribution < 1.29 is 43.6 Å². The first-order valence-corrected chi connectivity index (χ1v) is 11.9. The SMILES string of the molecule is Cc1ncc2c(c1OC(=O)C[C@@H](C(=O)O)C1CO[C@H]3[C@@H]1OC[C@H]3O[N+](=O)[O-])COC2c1ccc(Cl)cc1. The van der Waals surface area contributed by atoms with Crippen molar-refractivity contribution in [2.75, 3.05) is 13.2 Å². The quantitative estimate of drug-likeness (QED) is 0.301. The van der Waals surface area contributed by atoms with E-state index in [4.69, 9.17) is 30.5 Å². The van der Waals surface area contributed by atoms with Crippen LogP contribution in [-0.4, -0.2) is 58.6 Å². The lowest BCUT2D eigenvalue weighted by molar-refractivity contribution is -0.769. The van der Waals surface area contributed by atoms with Crippen LogP contribution in [0.15, 0.2) is 30.5 Å². The summed E-state index contributed by atoms with van der Waals surface area (Å²) in [6, 6.07) is 7.19. The van der Waals surface area contributed by atoms with Crippen molar-refractivity contribution in [2.24, 2.45) is 11.8 Å². The number of esters is 1. The van der Waals surface area contributed by atoms with Crippen molar-refractivity contribution in [1.29, 1.82) is 0 Å². The number of carboxylic acid groups (broad SMARTS) is 1. The Morgan fingerprint density at radius 2 is 1.95 bits per heavy atom. The highest BCUT2D eigenvalue weighted by Crippen LogP contribution is 2.42. The van der Waals surface area contributed by atoms with Gasteiger partial charge in [0.25, 0.3) is 5.09 Å². The molecule has 5 rings (SSSR count). The summed E-state index contributed by atoms with van der Waals surface area (Å²) in [7, 11) is 0. The van der Waals surface area contributed by atoms with Crippen LogP contribution >= 0.6 is 11.6 Å². The zero-order valence-corrected chi connectivity index (χ0v) is 20.3. The predicted molar refractivity (Wildman–Crippen MR) is 123 cm³/mol. The van der Waals surface area contributed by atoms with Crippen LogP contribution < -0.4 is 4.74 Å². The van der Waals surface area contributed by atoms with Crippen molar-refractivity contribution in [3.63, 3.8) is 0 Å². The molecule has 0 radical (unpaired) electrons. The van der Waals surface area contributed by atoms with Gasteiger partial charge < -0.3 is 28.9 Å². The van der Waals surface area contributed by atoms with Gasteiger partial charge in [-0.25, -0.2) is 0 Å². The molecule has 0 bridgehead atoms. The molecule has 1 aromatic carbocycles. The van der Waals surface area contributed by atoms with E-state index in [0.29, 0.717) is 16.3 Å². The molecular weight excluding hydrogens is 512 g/mol. The largest absolute Gasteiger partial charge is 0.481 e. The van der Waals surface area contributed by atoms with Gasteiger partial charge in [0.1, 0.15) is 12.2 Å². The maximum absolute atomic E-state index is 13.0. The fourth-order valence-electron chi connectivity index (χ4n) is 5.13. The molecule has 0 saturated carbocycles. The first-order chi connectivity index (χ1) is 17.7. The Hall–Kier alpha value is -3.32. The van der Waals surface area contributed by atoms with E-state index in [-0.39, 0.29) is 25.6 Å². The van der Waals surface area contributed by atoms with E-state index in [1.165, 1.54) is 0 Å². The molecule has 3 aliphatic heterocycles. The zero-order chi connectivity index (χ0) is 26.3. The smallest absolute Gasteiger partial charge is 0.312 e. The maximum atomic E-state index is 13.0. The van der Waals surface area contributed by atoms with Gasteiger partial charge in [0.15, 0.2) is 11.9 Å². The number of nitrogens with zero attached hydrogens (tertiary/aromatic N) is 2. The summed E-state index contributed by atoms with van der Waals surface area (Å²) in [5.41, 5.74) is 2.73. The number of carbonyl (C=O) groups excluding carboxylic acids is 1. The first-order valence-electron chi connectivity index (χ1n) is 11.6. The number of rotatable bonds is 8. The molecule has 1 aromatic heterocycles. The fraction of sp³-hybridized carbons (Fsp3) is 0.458. The van der Waals surface area contributed by atoms with Crippen LogP contribution in [0.1, 0.15) is 34.9 Å². The minimum atomic E-state index is -1.23. The minimum absolute atomic E-state index is 0.0465. The standard InChI is InChI=1S/C24H23ClN2O10/c1-11-20(17-9-33-21(15(17)7-26-11)12-2-4-13(25)5-3-12)36-19(28)6-14(24(29)30)16-8-34-23-18(37-27(31)32)10-35-22(16)23/h2-5,7,14,16,18,21-23H,6,8-10H2,1H3,(H,29,30)/t14-,16?,18-,21?,22-,23-/m1/s1. The fourth-order valence-corrected chi connectivity index (χ4v) is 5.26. The van der Waals surface area contributed by atoms with Crippen molar-refractivity contribution in [3.05, 3.63) is 68.0 Å². The third kappa shape index (κ3) is 4.97. The van der Waals surface area contributed by atoms with E-state index < -0.39 is 59.7 Å². The Morgan fingerprint density at radius 3 is 2.65 bits per heavy atom. The topological polar surface area (TPSA) is 157 Å². The average molecular weight is 535 g/mol. The monoisotopic (exact) mass is 534 g/mol. The number of hydrogen-bond donors (Lipinski definition) is 1. The molecular formula is C24H23ClN2O10. The summed E-state index contributed by atoms with van der Waals surface area (Å²) < 4.78 is 22.7. The maximum Gasteiger partial charge on any atom is 0.312 e. The van der Waals surface area contributed by atoms with Crippen LogP contribution in [0, 0.1) is 28.9 Å². The molecule has 37 heavy (non-hydrogen) atoms. The molecule has 196 valence electrons. The molecule has 2 unspecified atom stereocenters. The van der Waals surface area contributed by atoms with Gasteiger partial charge in [-0.2, -0.15) is 0 Å². The molecule has 3 aliphatic rings. The van der Waals surface area contributed by atoms with Crippen molar-refractivity contribution in [2.45, 2.75) is 44.4 Å². The molecule has 0 aliphatic carbocycles. The summed E-state index contributed by atoms with van der Waals surface area (Å²) in [6.07, 6.45) is -1.70. The summed E-state index contributed by atoms with van der Waals surface area (Å²) in [5, 5.41) is 20.2. The summed E-state index contributed by atoms with van der Waals surface area (Å²) in [5.74, 6) is -3.67. The van der Waals surface area contributed by atoms with Crippen LogP contribution in [0.4, 0.5) is 0 Å². The number of halogens is 1. The second-order valence-electron chi connectivity index (χ2n) is 9.10. The Labute approximate surface area is 215 Å². The molecule has 2 aromatic rings. The van der Waals surface area contributed by atoms with Crippen molar-refractivity contribution in [1.82, 2.24) is 4.98 Å². The second kappa shape index (κ2) is 10.2. The second-order valence-corrected chi connectivity index (χ2v) is 9.54. The van der Waals surface area contributed by atoms with E-state index in [1.54, 1.807) is 25.3 Å². The van der Waals surface area contributed by atoms with Gasteiger partial charge in [-0.1, -0.05) is 23.7 Å². The number of aryl methyl sites for hydroxylation is 1. The van der Waals surface area contributed by atoms with E-state index in [9.17, 15) is 24.8 Å². The van der Waals surface area contributed by atoms with E-state index in [1.807, 2.05) is 12.1 Å². The lowest BCUT2D eigenvalue weighted by Crippen LogP contribution is -2.37. The molecule has 12 nitrogen and oxygen atoms in total. The zero-order valence-electron chi connectivity index (χ0n) is 19.6. The van der Waals surface area contributed by atoms with E-state index in [0.717, 1.165) is 11.1 Å². The molecule has 4 heterocycles. The number of pyridine rings is 1. The van der Waals surface area contributed by atoms with E-state index in [2.05, 4.69) is 9.82 Å². The number of ether oxygens (including phenoxy) is 4. The molecule has 2 fully saturated rings. The Balaban J connectivity index is 1.31. The van der Waals surface area contributed by atoms with Crippen LogP contribution in [0.2, 0.25) is 5.02 Å². The summed E-state index contributed by atoms with van der Waals surface area (Å²) in [4.78, 5) is 44.7. The van der Waals surface area contributed by atoms with Crippen LogP contribution in [0.5, 0.6) is 5.75 Å². The van der Waals surface area contributed by atoms with Gasteiger partial charge in [0, 0.05) is 28.3 Å². The number of fused-ring (bicyclic) bond motifs is 2. The molecule has 13 heteroatoms. The number of benzene rings is 1. The van der Waals surface area contributed by atoms with Gasteiger partial charge in [0.2, 0.25) is 0 Å². The molecule has 2 saturated heterocycles. The number of hydrogen-bond acceptors (Lipinski definition) is 10. The third-order valence-electron chi connectivity index (χ3n) is 6.90. The van der Waals surface area contributed by atoms with Gasteiger partial charge in [-0.15, -0.1) is 10.1 Å². The van der Waals surface area contributed by atoms with Crippen molar-refractivity contribution in [3.8, 4) is 5.75 Å². The van der Waals surface area contributed by atoms with Crippen LogP contribution in [0.3, 0.4) is 0 Å². The molecule has 6 atom stereocenters. The predicted octanol–water partition coefficient (Wildman–Crippen LogP) is 2.65. The Kier molecular flexibility index (Phi) is 6.99. The number of aliphatic carboxylic acids is 1. The van der Waals surface area contributed by atoms with Gasteiger partial charge in [0.05, 0.1) is 44.0 Å². The minimum Gasteiger partial charge on any atom is -0.481 e. The normalized spacial score (nSPS) is 26.8. The Morgan fingerprint density at radius 1 is 1.22 bits per heavy atom.